The van der Waals surface area contributed by atoms with Crippen LogP contribution >= 0.6 is 0 Å². The molecule has 0 heterocycles. The predicted octanol–water partition coefficient (Wildman–Crippen LogP) is 0.441. The molecule has 1 aromatic carbocycles. The Morgan fingerprint density at radius 2 is 1.93 bits per heavy atom. The lowest BCUT2D eigenvalue weighted by atomic mass is 10.1. The molecule has 1 aromatic rings. The highest BCUT2D eigenvalue weighted by Crippen LogP contribution is 2.03. The highest BCUT2D eigenvalue weighted by atomic mass is 16.5. The molecule has 0 saturated carbocycles. The van der Waals surface area contributed by atoms with E-state index in [0.717, 1.165) is 11.1 Å². The van der Waals surface area contributed by atoms with E-state index in [0.29, 0.717) is 6.54 Å². The van der Waals surface area contributed by atoms with Crippen LogP contribution in [0, 0.1) is 0 Å². The first-order valence-corrected chi connectivity index (χ1v) is 4.72. The lowest BCUT2D eigenvalue weighted by molar-refractivity contribution is -0.139. The molecule has 0 atom stereocenters. The summed E-state index contributed by atoms with van der Waals surface area (Å²) in [5.74, 6) is -0.276. The van der Waals surface area contributed by atoms with Gasteiger partial charge in [-0.25, -0.2) is 0 Å². The minimum absolute atomic E-state index is 0.0515. The van der Waals surface area contributed by atoms with Gasteiger partial charge in [-0.1, -0.05) is 24.3 Å². The molecule has 0 bridgehead atoms. The van der Waals surface area contributed by atoms with E-state index < -0.39 is 0 Å². The third kappa shape index (κ3) is 4.10. The van der Waals surface area contributed by atoms with Gasteiger partial charge in [0.25, 0.3) is 0 Å². The summed E-state index contributed by atoms with van der Waals surface area (Å²) < 4.78 is 4.49. The number of hydrogen-bond acceptors (Lipinski definition) is 4. The van der Waals surface area contributed by atoms with Gasteiger partial charge < -0.3 is 15.2 Å². The summed E-state index contributed by atoms with van der Waals surface area (Å²) in [5.41, 5.74) is 1.95. The molecule has 0 spiro atoms. The van der Waals surface area contributed by atoms with Crippen LogP contribution in [0.5, 0.6) is 0 Å². The van der Waals surface area contributed by atoms with E-state index in [4.69, 9.17) is 5.11 Å². The fourth-order valence-electron chi connectivity index (χ4n) is 1.14. The van der Waals surface area contributed by atoms with Gasteiger partial charge in [-0.3, -0.25) is 4.79 Å². The number of methoxy groups -OCH3 is 1. The van der Waals surface area contributed by atoms with E-state index in [-0.39, 0.29) is 19.1 Å². The van der Waals surface area contributed by atoms with Crippen molar-refractivity contribution in [2.45, 2.75) is 13.2 Å². The van der Waals surface area contributed by atoms with Crippen LogP contribution in [0.2, 0.25) is 0 Å². The summed E-state index contributed by atoms with van der Waals surface area (Å²) in [4.78, 5) is 10.8. The molecule has 0 amide bonds. The predicted molar refractivity (Wildman–Crippen MR) is 56.1 cm³/mol. The Kier molecular flexibility index (Phi) is 4.80. The second-order valence-corrected chi connectivity index (χ2v) is 3.15. The van der Waals surface area contributed by atoms with Gasteiger partial charge in [0.05, 0.1) is 20.3 Å². The second kappa shape index (κ2) is 6.16. The Morgan fingerprint density at radius 1 is 1.33 bits per heavy atom. The summed E-state index contributed by atoms with van der Waals surface area (Å²) in [6.07, 6.45) is 0. The molecule has 0 aliphatic heterocycles. The van der Waals surface area contributed by atoms with Crippen LogP contribution in [0.3, 0.4) is 0 Å². The molecule has 0 aliphatic rings. The van der Waals surface area contributed by atoms with Crippen molar-refractivity contribution in [2.75, 3.05) is 13.7 Å². The molecular weight excluding hydrogens is 194 g/mol. The topological polar surface area (TPSA) is 58.6 Å². The quantitative estimate of drug-likeness (QED) is 0.691. The number of benzene rings is 1. The van der Waals surface area contributed by atoms with Gasteiger partial charge in [0.2, 0.25) is 0 Å². The number of aliphatic hydroxyl groups excluding tert-OH is 1. The normalized spacial score (nSPS) is 10.0. The van der Waals surface area contributed by atoms with Crippen LogP contribution in [-0.2, 0) is 22.7 Å². The van der Waals surface area contributed by atoms with Crippen LogP contribution < -0.4 is 5.32 Å². The molecule has 0 radical (unpaired) electrons. The third-order valence-electron chi connectivity index (χ3n) is 2.03. The molecular formula is C11H15NO3. The average molecular weight is 209 g/mol. The molecule has 4 heteroatoms. The molecule has 2 N–H and O–H groups in total. The first-order valence-electron chi connectivity index (χ1n) is 4.72. The monoisotopic (exact) mass is 209 g/mol. The molecule has 15 heavy (non-hydrogen) atoms. The smallest absolute Gasteiger partial charge is 0.319 e. The van der Waals surface area contributed by atoms with Gasteiger partial charge in [0.15, 0.2) is 0 Å². The number of carbonyl (C=O) groups is 1. The maximum absolute atomic E-state index is 10.8. The average Bonchev–Trinajstić information content (AvgIpc) is 2.29. The molecule has 82 valence electrons. The first-order chi connectivity index (χ1) is 7.26. The third-order valence-corrected chi connectivity index (χ3v) is 2.03. The Morgan fingerprint density at radius 3 is 2.47 bits per heavy atom. The molecule has 0 unspecified atom stereocenters. The number of aliphatic hydroxyl groups is 1. The zero-order valence-electron chi connectivity index (χ0n) is 8.69. The molecule has 1 rings (SSSR count). The van der Waals surface area contributed by atoms with Crippen molar-refractivity contribution in [1.29, 1.82) is 0 Å². The number of esters is 1. The zero-order chi connectivity index (χ0) is 11.1. The van der Waals surface area contributed by atoms with E-state index in [9.17, 15) is 4.79 Å². The highest BCUT2D eigenvalue weighted by molar-refractivity contribution is 5.71. The Balaban J connectivity index is 2.34. The SMILES string of the molecule is COC(=O)CNCc1ccc(CO)cc1. The summed E-state index contributed by atoms with van der Waals surface area (Å²) in [6.45, 7) is 0.870. The van der Waals surface area contributed by atoms with Gasteiger partial charge in [0.1, 0.15) is 0 Å². The maximum atomic E-state index is 10.8. The van der Waals surface area contributed by atoms with E-state index in [2.05, 4.69) is 10.1 Å². The van der Waals surface area contributed by atoms with Gasteiger partial charge >= 0.3 is 5.97 Å². The molecule has 0 saturated heterocycles. The highest BCUT2D eigenvalue weighted by Gasteiger charge is 1.98. The zero-order valence-corrected chi connectivity index (χ0v) is 8.69. The van der Waals surface area contributed by atoms with Gasteiger partial charge in [-0.15, -0.1) is 0 Å². The van der Waals surface area contributed by atoms with Crippen molar-refractivity contribution >= 4 is 5.97 Å². The number of carbonyl (C=O) groups excluding carboxylic acids is 1. The maximum Gasteiger partial charge on any atom is 0.319 e. The van der Waals surface area contributed by atoms with Crippen LogP contribution in [0.25, 0.3) is 0 Å². The fraction of sp³-hybridized carbons (Fsp3) is 0.364. The second-order valence-electron chi connectivity index (χ2n) is 3.15. The molecule has 0 aliphatic carbocycles. The number of hydrogen-bond donors (Lipinski definition) is 2. The van der Waals surface area contributed by atoms with E-state index >= 15 is 0 Å². The Hall–Kier alpha value is -1.39. The van der Waals surface area contributed by atoms with Gasteiger partial charge in [-0.05, 0) is 11.1 Å². The van der Waals surface area contributed by atoms with Crippen LogP contribution in [0.1, 0.15) is 11.1 Å². The molecule has 0 fully saturated rings. The summed E-state index contributed by atoms with van der Waals surface area (Å²) in [5, 5.41) is 11.8. The van der Waals surface area contributed by atoms with E-state index in [1.807, 2.05) is 24.3 Å². The lowest BCUT2D eigenvalue weighted by Crippen LogP contribution is -2.23. The van der Waals surface area contributed by atoms with E-state index in [1.54, 1.807) is 0 Å². The molecule has 4 nitrogen and oxygen atoms in total. The van der Waals surface area contributed by atoms with Crippen LogP contribution in [0.15, 0.2) is 24.3 Å². The minimum atomic E-state index is -0.276. The standard InChI is InChI=1S/C11H15NO3/c1-15-11(14)7-12-6-9-2-4-10(8-13)5-3-9/h2-5,12-13H,6-8H2,1H3. The van der Waals surface area contributed by atoms with Crippen molar-refractivity contribution in [2.24, 2.45) is 0 Å². The van der Waals surface area contributed by atoms with E-state index in [1.165, 1.54) is 7.11 Å². The summed E-state index contributed by atoms with van der Waals surface area (Å²) in [6, 6.07) is 7.54. The van der Waals surface area contributed by atoms with Crippen molar-refractivity contribution in [3.63, 3.8) is 0 Å². The lowest BCUT2D eigenvalue weighted by Gasteiger charge is -2.04. The summed E-state index contributed by atoms with van der Waals surface area (Å²) >= 11 is 0. The Bertz CT molecular complexity index is 308. The fourth-order valence-corrected chi connectivity index (χ4v) is 1.14. The molecule has 0 aromatic heterocycles. The van der Waals surface area contributed by atoms with Crippen molar-refractivity contribution < 1.29 is 14.6 Å². The van der Waals surface area contributed by atoms with Crippen LogP contribution in [-0.4, -0.2) is 24.7 Å². The van der Waals surface area contributed by atoms with Crippen LogP contribution in [0.4, 0.5) is 0 Å². The largest absolute Gasteiger partial charge is 0.468 e. The van der Waals surface area contributed by atoms with Gasteiger partial charge in [-0.2, -0.15) is 0 Å². The summed E-state index contributed by atoms with van der Waals surface area (Å²) in [7, 11) is 1.36. The van der Waals surface area contributed by atoms with Crippen molar-refractivity contribution in [3.8, 4) is 0 Å². The van der Waals surface area contributed by atoms with Crippen molar-refractivity contribution in [3.05, 3.63) is 35.4 Å². The first kappa shape index (κ1) is 11.7. The Labute approximate surface area is 88.9 Å². The number of ether oxygens (including phenoxy) is 1. The minimum Gasteiger partial charge on any atom is -0.468 e. The number of nitrogens with one attached hydrogen (secondary N) is 1. The van der Waals surface area contributed by atoms with Gasteiger partial charge in [0, 0.05) is 6.54 Å². The van der Waals surface area contributed by atoms with Crippen molar-refractivity contribution in [1.82, 2.24) is 5.32 Å². The number of rotatable bonds is 5.